The number of ether oxygens (including phenoxy) is 2. The summed E-state index contributed by atoms with van der Waals surface area (Å²) < 4.78 is 11.1. The fourth-order valence-electron chi connectivity index (χ4n) is 1.72. The van der Waals surface area contributed by atoms with Crippen molar-refractivity contribution in [2.45, 2.75) is 13.5 Å². The summed E-state index contributed by atoms with van der Waals surface area (Å²) in [5.74, 6) is 1.43. The predicted molar refractivity (Wildman–Crippen MR) is 78.7 cm³/mol. The van der Waals surface area contributed by atoms with E-state index in [1.54, 1.807) is 20.4 Å². The molecule has 0 saturated heterocycles. The first kappa shape index (κ1) is 14.0. The van der Waals surface area contributed by atoms with Gasteiger partial charge in [-0.25, -0.2) is 4.98 Å². The largest absolute Gasteiger partial charge is 0.493 e. The van der Waals surface area contributed by atoms with Crippen LogP contribution >= 0.6 is 22.9 Å². The van der Waals surface area contributed by atoms with Crippen LogP contribution in [0.3, 0.4) is 0 Å². The van der Waals surface area contributed by atoms with Gasteiger partial charge in [0.1, 0.15) is 0 Å². The van der Waals surface area contributed by atoms with Crippen LogP contribution in [0.2, 0.25) is 4.47 Å². The van der Waals surface area contributed by atoms with Crippen molar-refractivity contribution >= 4 is 28.6 Å². The topological polar surface area (TPSA) is 43.4 Å². The first-order chi connectivity index (χ1) is 9.13. The molecule has 2 aromatic rings. The van der Waals surface area contributed by atoms with Crippen molar-refractivity contribution in [2.24, 2.45) is 0 Å². The number of halogens is 1. The van der Waals surface area contributed by atoms with E-state index in [9.17, 15) is 0 Å². The highest BCUT2D eigenvalue weighted by Gasteiger charge is 2.08. The van der Waals surface area contributed by atoms with E-state index < -0.39 is 0 Å². The highest BCUT2D eigenvalue weighted by Crippen LogP contribution is 2.33. The molecule has 1 aromatic carbocycles. The second-order valence-electron chi connectivity index (χ2n) is 3.96. The molecular weight excluding hydrogens is 284 g/mol. The van der Waals surface area contributed by atoms with Gasteiger partial charge < -0.3 is 14.8 Å². The average molecular weight is 299 g/mol. The van der Waals surface area contributed by atoms with Crippen LogP contribution in [-0.2, 0) is 6.54 Å². The number of aromatic nitrogens is 1. The summed E-state index contributed by atoms with van der Waals surface area (Å²) in [6.07, 6.45) is 1.77. The van der Waals surface area contributed by atoms with Crippen LogP contribution in [0.25, 0.3) is 0 Å². The molecule has 4 nitrogen and oxygen atoms in total. The lowest BCUT2D eigenvalue weighted by molar-refractivity contribution is 0.355. The Hall–Kier alpha value is -1.46. The van der Waals surface area contributed by atoms with Crippen molar-refractivity contribution in [3.8, 4) is 11.5 Å². The Morgan fingerprint density at radius 1 is 1.26 bits per heavy atom. The number of hydrogen-bond acceptors (Lipinski definition) is 5. The molecule has 0 aliphatic carbocycles. The third kappa shape index (κ3) is 3.30. The summed E-state index contributed by atoms with van der Waals surface area (Å²) in [7, 11) is 3.25. The van der Waals surface area contributed by atoms with E-state index in [1.165, 1.54) is 11.3 Å². The summed E-state index contributed by atoms with van der Waals surface area (Å²) in [5, 5.41) is 3.34. The minimum Gasteiger partial charge on any atom is -0.493 e. The molecule has 2 rings (SSSR count). The molecule has 0 atom stereocenters. The van der Waals surface area contributed by atoms with Gasteiger partial charge in [0.25, 0.3) is 0 Å². The maximum atomic E-state index is 5.80. The number of benzene rings is 1. The van der Waals surface area contributed by atoms with Gasteiger partial charge in [-0.3, -0.25) is 0 Å². The second-order valence-corrected chi connectivity index (χ2v) is 5.65. The fraction of sp³-hybridized carbons (Fsp3) is 0.308. The standard InChI is InChI=1S/C13H15ClN2O2S/c1-8-4-11(17-2)12(18-3)5-10(8)15-6-9-7-16-13(14)19-9/h4-5,7,15H,6H2,1-3H3. The minimum atomic E-state index is 0.556. The number of aryl methyl sites for hydroxylation is 1. The summed E-state index contributed by atoms with van der Waals surface area (Å²) >= 11 is 7.27. The lowest BCUT2D eigenvalue weighted by Crippen LogP contribution is -2.01. The number of thiazole rings is 1. The van der Waals surface area contributed by atoms with Crippen LogP contribution in [0, 0.1) is 6.92 Å². The first-order valence-electron chi connectivity index (χ1n) is 5.70. The molecule has 0 radical (unpaired) electrons. The summed E-state index contributed by atoms with van der Waals surface area (Å²) in [6.45, 7) is 2.70. The van der Waals surface area contributed by atoms with E-state index in [0.717, 1.165) is 21.9 Å². The summed E-state index contributed by atoms with van der Waals surface area (Å²) in [6, 6.07) is 3.87. The maximum Gasteiger partial charge on any atom is 0.183 e. The van der Waals surface area contributed by atoms with Crippen molar-refractivity contribution in [2.75, 3.05) is 19.5 Å². The monoisotopic (exact) mass is 298 g/mol. The Bertz CT molecular complexity index is 572. The van der Waals surface area contributed by atoms with Crippen LogP contribution in [0.15, 0.2) is 18.3 Å². The maximum absolute atomic E-state index is 5.80. The molecule has 0 unspecified atom stereocenters. The van der Waals surface area contributed by atoms with Crippen molar-refractivity contribution < 1.29 is 9.47 Å². The van der Waals surface area contributed by atoms with Crippen LogP contribution in [0.1, 0.15) is 10.4 Å². The molecule has 102 valence electrons. The van der Waals surface area contributed by atoms with E-state index in [-0.39, 0.29) is 0 Å². The van der Waals surface area contributed by atoms with E-state index in [1.807, 2.05) is 19.1 Å². The van der Waals surface area contributed by atoms with E-state index >= 15 is 0 Å². The number of methoxy groups -OCH3 is 2. The molecule has 1 N–H and O–H groups in total. The Morgan fingerprint density at radius 2 is 1.95 bits per heavy atom. The molecule has 19 heavy (non-hydrogen) atoms. The number of hydrogen-bond donors (Lipinski definition) is 1. The first-order valence-corrected chi connectivity index (χ1v) is 6.90. The van der Waals surface area contributed by atoms with Gasteiger partial charge >= 0.3 is 0 Å². The van der Waals surface area contributed by atoms with Crippen molar-refractivity contribution in [3.63, 3.8) is 0 Å². The lowest BCUT2D eigenvalue weighted by atomic mass is 10.1. The molecule has 0 spiro atoms. The van der Waals surface area contributed by atoms with Gasteiger partial charge in [0.05, 0.1) is 20.8 Å². The molecule has 1 aromatic heterocycles. The van der Waals surface area contributed by atoms with Crippen molar-refractivity contribution in [3.05, 3.63) is 33.2 Å². The van der Waals surface area contributed by atoms with Crippen molar-refractivity contribution in [1.29, 1.82) is 0 Å². The van der Waals surface area contributed by atoms with Gasteiger partial charge in [-0.15, -0.1) is 11.3 Å². The van der Waals surface area contributed by atoms with Crippen molar-refractivity contribution in [1.82, 2.24) is 4.98 Å². The van der Waals surface area contributed by atoms with E-state index in [2.05, 4.69) is 10.3 Å². The normalized spacial score (nSPS) is 10.3. The molecule has 0 fully saturated rings. The SMILES string of the molecule is COc1cc(C)c(NCc2cnc(Cl)s2)cc1OC. The smallest absolute Gasteiger partial charge is 0.183 e. The Labute approximate surface area is 121 Å². The third-order valence-corrected chi connectivity index (χ3v) is 3.82. The van der Waals surface area contributed by atoms with Gasteiger partial charge in [0, 0.05) is 22.8 Å². The molecule has 0 aliphatic heterocycles. The van der Waals surface area contributed by atoms with E-state index in [4.69, 9.17) is 21.1 Å². The minimum absolute atomic E-state index is 0.556. The van der Waals surface area contributed by atoms with Crippen LogP contribution in [0.5, 0.6) is 11.5 Å². The van der Waals surface area contributed by atoms with E-state index in [0.29, 0.717) is 16.8 Å². The molecule has 0 bridgehead atoms. The zero-order valence-corrected chi connectivity index (χ0v) is 12.6. The van der Waals surface area contributed by atoms with Gasteiger partial charge in [0.15, 0.2) is 16.0 Å². The zero-order chi connectivity index (χ0) is 13.8. The number of anilines is 1. The van der Waals surface area contributed by atoms with Gasteiger partial charge in [-0.05, 0) is 18.6 Å². The molecular formula is C13H15ClN2O2S. The van der Waals surface area contributed by atoms with Gasteiger partial charge in [0.2, 0.25) is 0 Å². The number of rotatable bonds is 5. The van der Waals surface area contributed by atoms with Crippen LogP contribution in [-0.4, -0.2) is 19.2 Å². The third-order valence-electron chi connectivity index (χ3n) is 2.71. The fourth-order valence-corrected chi connectivity index (χ4v) is 2.64. The summed E-state index contributed by atoms with van der Waals surface area (Å²) in [5.41, 5.74) is 2.09. The molecule has 0 amide bonds. The van der Waals surface area contributed by atoms with Gasteiger partial charge in [-0.1, -0.05) is 11.6 Å². The van der Waals surface area contributed by atoms with Gasteiger partial charge in [-0.2, -0.15) is 0 Å². The summed E-state index contributed by atoms with van der Waals surface area (Å²) in [4.78, 5) is 5.09. The highest BCUT2D eigenvalue weighted by atomic mass is 35.5. The Balaban J connectivity index is 2.15. The number of nitrogens with zero attached hydrogens (tertiary/aromatic N) is 1. The quantitative estimate of drug-likeness (QED) is 0.913. The lowest BCUT2D eigenvalue weighted by Gasteiger charge is -2.13. The molecule has 0 aliphatic rings. The molecule has 0 saturated carbocycles. The molecule has 1 heterocycles. The highest BCUT2D eigenvalue weighted by molar-refractivity contribution is 7.15. The predicted octanol–water partition coefficient (Wildman–Crippen LogP) is 3.73. The Kier molecular flexibility index (Phi) is 4.50. The van der Waals surface area contributed by atoms with Crippen LogP contribution in [0.4, 0.5) is 5.69 Å². The average Bonchev–Trinajstić information content (AvgIpc) is 2.82. The molecule has 6 heteroatoms. The second kappa shape index (κ2) is 6.12. The zero-order valence-electron chi connectivity index (χ0n) is 11.0. The van der Waals surface area contributed by atoms with Crippen LogP contribution < -0.4 is 14.8 Å². The number of nitrogens with one attached hydrogen (secondary N) is 1. The Morgan fingerprint density at radius 3 is 2.53 bits per heavy atom.